The van der Waals surface area contributed by atoms with Gasteiger partial charge in [-0.1, -0.05) is 31.5 Å². The van der Waals surface area contributed by atoms with Gasteiger partial charge in [0.05, 0.1) is 0 Å². The van der Waals surface area contributed by atoms with Gasteiger partial charge in [0.15, 0.2) is 0 Å². The van der Waals surface area contributed by atoms with Crippen molar-refractivity contribution in [1.82, 2.24) is 19.4 Å². The van der Waals surface area contributed by atoms with Crippen molar-refractivity contribution in [2.75, 3.05) is 25.0 Å². The Bertz CT molecular complexity index is 971. The Morgan fingerprint density at radius 1 is 1.09 bits per heavy atom. The van der Waals surface area contributed by atoms with E-state index < -0.39 is 0 Å². The van der Waals surface area contributed by atoms with Crippen LogP contribution in [-0.4, -0.2) is 63.4 Å². The molecule has 1 fully saturated rings. The number of para-hydroxylation sites is 1. The molecule has 178 valence electrons. The number of benzene rings is 1. The van der Waals surface area contributed by atoms with Gasteiger partial charge in [-0.3, -0.25) is 14.5 Å². The van der Waals surface area contributed by atoms with E-state index in [1.807, 2.05) is 52.6 Å². The molecule has 1 aromatic carbocycles. The molecule has 2 aromatic rings. The number of imidazole rings is 1. The van der Waals surface area contributed by atoms with Gasteiger partial charge in [0.2, 0.25) is 11.8 Å². The highest BCUT2D eigenvalue weighted by Gasteiger charge is 2.32. The first kappa shape index (κ1) is 23.5. The van der Waals surface area contributed by atoms with Gasteiger partial charge in [-0.25, -0.2) is 4.98 Å². The molecule has 0 N–H and O–H groups in total. The second kappa shape index (κ2) is 10.5. The fourth-order valence-electron chi connectivity index (χ4n) is 5.35. The summed E-state index contributed by atoms with van der Waals surface area (Å²) in [6.45, 7) is 6.49. The number of hydrogen-bond acceptors (Lipinski definition) is 4. The zero-order chi connectivity index (χ0) is 23.4. The number of rotatable bonds is 4. The summed E-state index contributed by atoms with van der Waals surface area (Å²) in [4.78, 5) is 37.2. The van der Waals surface area contributed by atoms with Crippen LogP contribution < -0.4 is 4.90 Å². The summed E-state index contributed by atoms with van der Waals surface area (Å²) in [6, 6.07) is 8.89. The molecular formula is C26H37N5O2. The number of nitrogens with zero attached hydrogens (tertiary/aromatic N) is 5. The van der Waals surface area contributed by atoms with Crippen LogP contribution in [-0.2, 0) is 22.7 Å². The molecule has 1 aromatic heterocycles. The lowest BCUT2D eigenvalue weighted by Crippen LogP contribution is -2.50. The summed E-state index contributed by atoms with van der Waals surface area (Å²) in [5.41, 5.74) is 2.00. The fourth-order valence-corrected chi connectivity index (χ4v) is 5.35. The number of anilines is 1. The fraction of sp³-hybridized carbons (Fsp3) is 0.577. The van der Waals surface area contributed by atoms with Crippen LogP contribution in [0.4, 0.5) is 5.69 Å². The van der Waals surface area contributed by atoms with E-state index >= 15 is 0 Å². The second-order valence-corrected chi connectivity index (χ2v) is 9.41. The number of aryl methyl sites for hydroxylation is 2. The molecule has 2 atom stereocenters. The Hall–Kier alpha value is -2.67. The van der Waals surface area contributed by atoms with E-state index in [1.165, 1.54) is 6.42 Å². The van der Waals surface area contributed by atoms with E-state index in [2.05, 4.69) is 23.0 Å². The van der Waals surface area contributed by atoms with Gasteiger partial charge in [0, 0.05) is 69.2 Å². The molecule has 33 heavy (non-hydrogen) atoms. The minimum Gasteiger partial charge on any atom is -0.337 e. The zero-order valence-electron chi connectivity index (χ0n) is 20.2. The molecule has 0 spiro atoms. The van der Waals surface area contributed by atoms with Gasteiger partial charge in [0.25, 0.3) is 0 Å². The highest BCUT2D eigenvalue weighted by molar-refractivity contribution is 5.94. The first-order valence-electron chi connectivity index (χ1n) is 12.3. The van der Waals surface area contributed by atoms with Crippen LogP contribution in [0.3, 0.4) is 0 Å². The Kier molecular flexibility index (Phi) is 7.48. The topological polar surface area (TPSA) is 61.7 Å². The minimum absolute atomic E-state index is 0.144. The van der Waals surface area contributed by atoms with Gasteiger partial charge < -0.3 is 14.4 Å². The van der Waals surface area contributed by atoms with Crippen molar-refractivity contribution in [2.24, 2.45) is 0 Å². The highest BCUT2D eigenvalue weighted by Crippen LogP contribution is 2.30. The van der Waals surface area contributed by atoms with E-state index in [9.17, 15) is 9.59 Å². The molecule has 7 nitrogen and oxygen atoms in total. The third kappa shape index (κ3) is 5.29. The van der Waals surface area contributed by atoms with Crippen molar-refractivity contribution in [1.29, 1.82) is 0 Å². The van der Waals surface area contributed by atoms with Gasteiger partial charge in [-0.2, -0.15) is 0 Å². The molecule has 2 aliphatic rings. The molecule has 0 radical (unpaired) electrons. The number of amides is 2. The SMILES string of the molecule is CCC(=O)N1CCC2CCCC(CN(C(=O)CCn3ccnc3C)Cc3ccccc31)N2C. The molecule has 1 saturated heterocycles. The zero-order valence-corrected chi connectivity index (χ0v) is 20.2. The lowest BCUT2D eigenvalue weighted by Gasteiger charge is -2.42. The molecule has 0 saturated carbocycles. The number of likely N-dealkylation sites (N-methyl/N-ethyl adjacent to an activating group) is 1. The number of carbonyl (C=O) groups excluding carboxylic acids is 2. The predicted molar refractivity (Wildman–Crippen MR) is 130 cm³/mol. The van der Waals surface area contributed by atoms with Crippen molar-refractivity contribution in [3.63, 3.8) is 0 Å². The normalized spacial score (nSPS) is 21.9. The van der Waals surface area contributed by atoms with Crippen molar-refractivity contribution in [3.8, 4) is 0 Å². The summed E-state index contributed by atoms with van der Waals surface area (Å²) < 4.78 is 2.03. The predicted octanol–water partition coefficient (Wildman–Crippen LogP) is 3.61. The first-order chi connectivity index (χ1) is 16.0. The number of piperidine rings is 1. The summed E-state index contributed by atoms with van der Waals surface area (Å²) >= 11 is 0. The van der Waals surface area contributed by atoms with Crippen LogP contribution in [0.25, 0.3) is 0 Å². The van der Waals surface area contributed by atoms with E-state index in [0.29, 0.717) is 38.0 Å². The van der Waals surface area contributed by atoms with Crippen LogP contribution >= 0.6 is 0 Å². The Morgan fingerprint density at radius 2 is 1.88 bits per heavy atom. The monoisotopic (exact) mass is 451 g/mol. The average molecular weight is 452 g/mol. The molecule has 0 aliphatic carbocycles. The Labute approximate surface area is 197 Å². The minimum atomic E-state index is 0.144. The average Bonchev–Trinajstić information content (AvgIpc) is 3.23. The number of hydrogen-bond donors (Lipinski definition) is 0. The van der Waals surface area contributed by atoms with Crippen molar-refractivity contribution >= 4 is 17.5 Å². The summed E-state index contributed by atoms with van der Waals surface area (Å²) in [6.07, 6.45) is 9.01. The van der Waals surface area contributed by atoms with Gasteiger partial charge >= 0.3 is 0 Å². The van der Waals surface area contributed by atoms with E-state index in [1.54, 1.807) is 6.20 Å². The molecule has 2 bridgehead atoms. The third-order valence-corrected chi connectivity index (χ3v) is 7.43. The molecule has 2 aliphatic heterocycles. The van der Waals surface area contributed by atoms with Crippen LogP contribution in [0.2, 0.25) is 0 Å². The van der Waals surface area contributed by atoms with Crippen molar-refractivity contribution in [3.05, 3.63) is 48.0 Å². The van der Waals surface area contributed by atoms with Crippen LogP contribution in [0.1, 0.15) is 56.8 Å². The first-order valence-corrected chi connectivity index (χ1v) is 12.3. The van der Waals surface area contributed by atoms with Crippen molar-refractivity contribution in [2.45, 2.75) is 77.5 Å². The molecule has 3 heterocycles. The lowest BCUT2D eigenvalue weighted by atomic mass is 9.93. The molecule has 4 rings (SSSR count). The molecular weight excluding hydrogens is 414 g/mol. The van der Waals surface area contributed by atoms with Gasteiger partial charge in [-0.05, 0) is 44.9 Å². The smallest absolute Gasteiger partial charge is 0.226 e. The number of carbonyl (C=O) groups is 2. The Morgan fingerprint density at radius 3 is 2.64 bits per heavy atom. The Balaban J connectivity index is 1.64. The van der Waals surface area contributed by atoms with E-state index in [0.717, 1.165) is 49.4 Å². The number of fused-ring (bicyclic) bond motifs is 3. The molecule has 2 amide bonds. The molecule has 7 heteroatoms. The third-order valence-electron chi connectivity index (χ3n) is 7.43. The molecule has 2 unspecified atom stereocenters. The van der Waals surface area contributed by atoms with Gasteiger partial charge in [0.1, 0.15) is 5.82 Å². The standard InChI is InChI=1S/C26H37N5O2/c1-4-25(32)31-16-12-22-9-7-10-23(28(22)3)19-30(18-21-8-5-6-11-24(21)31)26(33)13-15-29-17-14-27-20(29)2/h5-6,8,11,14,17,22-23H,4,7,9-10,12-13,15-16,18-19H2,1-3H3. The van der Waals surface area contributed by atoms with Crippen LogP contribution in [0.15, 0.2) is 36.7 Å². The summed E-state index contributed by atoms with van der Waals surface area (Å²) in [5, 5.41) is 0. The van der Waals surface area contributed by atoms with E-state index in [-0.39, 0.29) is 11.8 Å². The van der Waals surface area contributed by atoms with Crippen LogP contribution in [0, 0.1) is 6.92 Å². The van der Waals surface area contributed by atoms with E-state index in [4.69, 9.17) is 0 Å². The maximum Gasteiger partial charge on any atom is 0.226 e. The summed E-state index contributed by atoms with van der Waals surface area (Å²) in [7, 11) is 2.20. The second-order valence-electron chi connectivity index (χ2n) is 9.41. The maximum absolute atomic E-state index is 13.5. The number of aromatic nitrogens is 2. The largest absolute Gasteiger partial charge is 0.337 e. The maximum atomic E-state index is 13.5. The highest BCUT2D eigenvalue weighted by atomic mass is 16.2. The van der Waals surface area contributed by atoms with Gasteiger partial charge in [-0.15, -0.1) is 0 Å². The van der Waals surface area contributed by atoms with Crippen molar-refractivity contribution < 1.29 is 9.59 Å². The van der Waals surface area contributed by atoms with Crippen LogP contribution in [0.5, 0.6) is 0 Å². The summed E-state index contributed by atoms with van der Waals surface area (Å²) in [5.74, 6) is 1.22. The quantitative estimate of drug-likeness (QED) is 0.713. The lowest BCUT2D eigenvalue weighted by molar-refractivity contribution is -0.133.